The van der Waals surface area contributed by atoms with Crippen LogP contribution in [0.15, 0.2) is 17.6 Å². The highest BCUT2D eigenvalue weighted by Crippen LogP contribution is 2.25. The Bertz CT molecular complexity index is 401. The summed E-state index contributed by atoms with van der Waals surface area (Å²) in [6.07, 6.45) is 1.62. The lowest BCUT2D eigenvalue weighted by atomic mass is 10.1. The van der Waals surface area contributed by atoms with Gasteiger partial charge >= 0.3 is 0 Å². The fourth-order valence-electron chi connectivity index (χ4n) is 1.10. The van der Waals surface area contributed by atoms with Gasteiger partial charge in [-0.25, -0.2) is 0 Å². The van der Waals surface area contributed by atoms with Crippen LogP contribution >= 0.6 is 34.5 Å². The smallest absolute Gasteiger partial charge is 0.0954 e. The van der Waals surface area contributed by atoms with Crippen molar-refractivity contribution in [3.05, 3.63) is 32.4 Å². The summed E-state index contributed by atoms with van der Waals surface area (Å²) < 4.78 is 4.44. The fraction of sp³-hybridized carbons (Fsp3) is 0.250. The molecule has 1 unspecified atom stereocenters. The first kappa shape index (κ1) is 10.0. The molecule has 2 aromatic rings. The Morgan fingerprint density at radius 1 is 1.57 bits per heavy atom. The van der Waals surface area contributed by atoms with Gasteiger partial charge in [-0.15, -0.1) is 16.4 Å². The molecule has 0 aromatic carbocycles. The van der Waals surface area contributed by atoms with Gasteiger partial charge in [0.1, 0.15) is 0 Å². The van der Waals surface area contributed by atoms with E-state index in [1.165, 1.54) is 22.9 Å². The van der Waals surface area contributed by atoms with E-state index in [9.17, 15) is 5.11 Å². The summed E-state index contributed by atoms with van der Waals surface area (Å²) in [7, 11) is 0. The zero-order valence-electron chi connectivity index (χ0n) is 7.05. The summed E-state index contributed by atoms with van der Waals surface area (Å²) in [4.78, 5) is 0.785. The second-order valence-corrected chi connectivity index (χ2v) is 5.16. The third-order valence-corrected chi connectivity index (χ3v) is 3.66. The van der Waals surface area contributed by atoms with Crippen molar-refractivity contribution in [1.29, 1.82) is 0 Å². The van der Waals surface area contributed by atoms with E-state index in [2.05, 4.69) is 9.59 Å². The van der Waals surface area contributed by atoms with Crippen LogP contribution in [0.5, 0.6) is 0 Å². The fourth-order valence-corrected chi connectivity index (χ4v) is 2.51. The first-order chi connectivity index (χ1) is 6.75. The molecule has 0 radical (unpaired) electrons. The zero-order chi connectivity index (χ0) is 9.97. The second kappa shape index (κ2) is 4.35. The molecule has 0 saturated heterocycles. The Morgan fingerprint density at radius 3 is 3.00 bits per heavy atom. The molecule has 0 saturated carbocycles. The Balaban J connectivity index is 2.05. The molecular weight excluding hydrogens is 240 g/mol. The molecule has 2 rings (SSSR count). The molecule has 2 aromatic heterocycles. The number of rotatable bonds is 3. The number of aliphatic hydroxyl groups excluding tert-OH is 1. The van der Waals surface area contributed by atoms with Crippen LogP contribution in [0.25, 0.3) is 0 Å². The molecule has 0 aliphatic heterocycles. The molecule has 3 nitrogen and oxygen atoms in total. The lowest BCUT2D eigenvalue weighted by molar-refractivity contribution is 0.182. The number of hydrogen-bond acceptors (Lipinski definition) is 5. The van der Waals surface area contributed by atoms with E-state index in [1.807, 2.05) is 11.4 Å². The van der Waals surface area contributed by atoms with Crippen LogP contribution in [-0.2, 0) is 6.42 Å². The van der Waals surface area contributed by atoms with Crippen molar-refractivity contribution < 1.29 is 5.11 Å². The minimum Gasteiger partial charge on any atom is -0.387 e. The van der Waals surface area contributed by atoms with Crippen LogP contribution in [-0.4, -0.2) is 14.7 Å². The molecular formula is C8H7ClN2OS2. The molecule has 0 amide bonds. The predicted octanol–water partition coefficient (Wildman–Crippen LogP) is 2.53. The maximum atomic E-state index is 9.76. The van der Waals surface area contributed by atoms with Crippen LogP contribution in [0.1, 0.15) is 16.5 Å². The van der Waals surface area contributed by atoms with E-state index in [1.54, 1.807) is 6.20 Å². The lowest BCUT2D eigenvalue weighted by Gasteiger charge is -2.04. The van der Waals surface area contributed by atoms with Crippen LogP contribution in [0, 0.1) is 0 Å². The molecule has 1 atom stereocenters. The van der Waals surface area contributed by atoms with Gasteiger partial charge in [0.05, 0.1) is 21.5 Å². The molecule has 0 aliphatic carbocycles. The molecule has 14 heavy (non-hydrogen) atoms. The SMILES string of the molecule is OC(Cc1csc(Cl)c1)c1cnns1. The van der Waals surface area contributed by atoms with Gasteiger partial charge in [0.25, 0.3) is 0 Å². The standard InChI is InChI=1S/C8H7ClN2OS2/c9-8-2-5(4-13-8)1-6(12)7-3-10-11-14-7/h2-4,6,12H,1H2. The van der Waals surface area contributed by atoms with Gasteiger partial charge in [0.2, 0.25) is 0 Å². The summed E-state index contributed by atoms with van der Waals surface area (Å²) in [5.74, 6) is 0. The number of nitrogens with zero attached hydrogens (tertiary/aromatic N) is 2. The summed E-state index contributed by atoms with van der Waals surface area (Å²) >= 11 is 8.47. The van der Waals surface area contributed by atoms with Crippen LogP contribution in [0.2, 0.25) is 4.34 Å². The van der Waals surface area contributed by atoms with E-state index in [4.69, 9.17) is 11.6 Å². The minimum absolute atomic E-state index is 0.527. The summed E-state index contributed by atoms with van der Waals surface area (Å²) in [5.41, 5.74) is 1.04. The van der Waals surface area contributed by atoms with E-state index < -0.39 is 6.10 Å². The highest BCUT2D eigenvalue weighted by Gasteiger charge is 2.11. The van der Waals surface area contributed by atoms with E-state index >= 15 is 0 Å². The maximum absolute atomic E-state index is 9.76. The number of thiophene rings is 1. The molecule has 0 fully saturated rings. The second-order valence-electron chi connectivity index (χ2n) is 2.80. The van der Waals surface area contributed by atoms with Crippen LogP contribution < -0.4 is 0 Å². The lowest BCUT2D eigenvalue weighted by Crippen LogP contribution is -1.98. The Hall–Kier alpha value is -0.490. The van der Waals surface area contributed by atoms with Gasteiger partial charge in [-0.1, -0.05) is 16.1 Å². The summed E-state index contributed by atoms with van der Waals surface area (Å²) in [6, 6.07) is 1.86. The molecule has 1 N–H and O–H groups in total. The zero-order valence-corrected chi connectivity index (χ0v) is 9.44. The molecule has 6 heteroatoms. The van der Waals surface area contributed by atoms with Gasteiger partial charge < -0.3 is 5.11 Å². The van der Waals surface area contributed by atoms with Crippen LogP contribution in [0.3, 0.4) is 0 Å². The number of halogens is 1. The first-order valence-corrected chi connectivity index (χ1v) is 5.97. The van der Waals surface area contributed by atoms with Crippen LogP contribution in [0.4, 0.5) is 0 Å². The molecule has 0 bridgehead atoms. The molecule has 2 heterocycles. The van der Waals surface area contributed by atoms with Crippen molar-refractivity contribution in [1.82, 2.24) is 9.59 Å². The first-order valence-electron chi connectivity index (χ1n) is 3.94. The third-order valence-electron chi connectivity index (χ3n) is 1.76. The largest absolute Gasteiger partial charge is 0.387 e. The summed E-state index contributed by atoms with van der Waals surface area (Å²) in [6.45, 7) is 0. The van der Waals surface area contributed by atoms with Crippen molar-refractivity contribution in [2.45, 2.75) is 12.5 Å². The highest BCUT2D eigenvalue weighted by atomic mass is 35.5. The number of hydrogen-bond donors (Lipinski definition) is 1. The van der Waals surface area contributed by atoms with Crippen molar-refractivity contribution in [3.63, 3.8) is 0 Å². The van der Waals surface area contributed by atoms with Crippen molar-refractivity contribution in [2.75, 3.05) is 0 Å². The third kappa shape index (κ3) is 2.30. The van der Waals surface area contributed by atoms with Gasteiger partial charge in [-0.3, -0.25) is 0 Å². The molecule has 74 valence electrons. The van der Waals surface area contributed by atoms with E-state index in [0.717, 1.165) is 14.8 Å². The number of aromatic nitrogens is 2. The predicted molar refractivity (Wildman–Crippen MR) is 57.9 cm³/mol. The highest BCUT2D eigenvalue weighted by molar-refractivity contribution is 7.14. The molecule has 0 spiro atoms. The van der Waals surface area contributed by atoms with Gasteiger partial charge in [0, 0.05) is 6.42 Å². The van der Waals surface area contributed by atoms with Crippen molar-refractivity contribution in [3.8, 4) is 0 Å². The van der Waals surface area contributed by atoms with E-state index in [0.29, 0.717) is 6.42 Å². The number of aliphatic hydroxyl groups is 1. The average molecular weight is 247 g/mol. The maximum Gasteiger partial charge on any atom is 0.0954 e. The Labute approximate surface area is 94.1 Å². The van der Waals surface area contributed by atoms with Gasteiger partial charge in [0.15, 0.2) is 0 Å². The monoisotopic (exact) mass is 246 g/mol. The topological polar surface area (TPSA) is 46.0 Å². The minimum atomic E-state index is -0.527. The normalized spacial score (nSPS) is 13.0. The van der Waals surface area contributed by atoms with Crippen molar-refractivity contribution >= 4 is 34.5 Å². The Morgan fingerprint density at radius 2 is 2.43 bits per heavy atom. The quantitative estimate of drug-likeness (QED) is 0.905. The van der Waals surface area contributed by atoms with Crippen molar-refractivity contribution in [2.24, 2.45) is 0 Å². The average Bonchev–Trinajstić information content (AvgIpc) is 2.75. The molecule has 0 aliphatic rings. The summed E-state index contributed by atoms with van der Waals surface area (Å²) in [5, 5.41) is 15.4. The van der Waals surface area contributed by atoms with Gasteiger partial charge in [-0.05, 0) is 28.5 Å². The van der Waals surface area contributed by atoms with E-state index in [-0.39, 0.29) is 0 Å². The Kier molecular flexibility index (Phi) is 3.12. The van der Waals surface area contributed by atoms with Gasteiger partial charge in [-0.2, -0.15) is 0 Å².